The second kappa shape index (κ2) is 10.3. The first kappa shape index (κ1) is 24.3. The zero-order valence-electron chi connectivity index (χ0n) is 16.8. The minimum Gasteiger partial charge on any atom is -0.482 e. The number of amides is 2. The number of nitrogens with one attached hydrogen (secondary N) is 1. The summed E-state index contributed by atoms with van der Waals surface area (Å²) in [5, 5.41) is 2.58. The zero-order valence-corrected chi connectivity index (χ0v) is 17.6. The highest BCUT2D eigenvalue weighted by molar-refractivity contribution is 6.32. The second-order valence-corrected chi connectivity index (χ2v) is 6.81. The van der Waals surface area contributed by atoms with E-state index in [0.29, 0.717) is 23.7 Å². The second-order valence-electron chi connectivity index (χ2n) is 6.40. The Balaban J connectivity index is 2.03. The van der Waals surface area contributed by atoms with Crippen molar-refractivity contribution in [3.8, 4) is 5.75 Å². The Kier molecular flexibility index (Phi) is 8.09. The fraction of sp³-hybridized carbons (Fsp3) is 0.350. The summed E-state index contributed by atoms with van der Waals surface area (Å²) in [5.41, 5.74) is -2.42. The van der Waals surface area contributed by atoms with E-state index in [9.17, 15) is 27.6 Å². The number of ether oxygens (including phenoxy) is 1. The van der Waals surface area contributed by atoms with Gasteiger partial charge in [0.1, 0.15) is 17.9 Å². The van der Waals surface area contributed by atoms with Gasteiger partial charge in [0.15, 0.2) is 6.61 Å². The molecule has 1 N–H and O–H groups in total. The minimum absolute atomic E-state index is 0.126. The SMILES string of the molecule is CCN(CC)C(=O)COc1ccc(NC(=O)Cn2cccc(C(F)(F)F)c2=O)cc1Cl. The van der Waals surface area contributed by atoms with Crippen LogP contribution in [0.25, 0.3) is 0 Å². The average molecular weight is 460 g/mol. The van der Waals surface area contributed by atoms with Crippen LogP contribution in [0.2, 0.25) is 5.02 Å². The first-order valence-electron chi connectivity index (χ1n) is 9.33. The van der Waals surface area contributed by atoms with Crippen molar-refractivity contribution in [3.63, 3.8) is 0 Å². The molecule has 2 aromatic rings. The Hall–Kier alpha value is -3.01. The van der Waals surface area contributed by atoms with Crippen LogP contribution in [0.15, 0.2) is 41.3 Å². The number of alkyl halides is 3. The molecule has 2 rings (SSSR count). The van der Waals surface area contributed by atoms with E-state index >= 15 is 0 Å². The summed E-state index contributed by atoms with van der Waals surface area (Å²) in [4.78, 5) is 37.7. The maximum Gasteiger partial charge on any atom is 0.421 e. The third-order valence-corrected chi connectivity index (χ3v) is 4.62. The van der Waals surface area contributed by atoms with Crippen molar-refractivity contribution in [2.75, 3.05) is 25.0 Å². The van der Waals surface area contributed by atoms with Crippen LogP contribution in [-0.4, -0.2) is 41.0 Å². The van der Waals surface area contributed by atoms with Gasteiger partial charge in [-0.15, -0.1) is 0 Å². The van der Waals surface area contributed by atoms with Crippen molar-refractivity contribution >= 4 is 29.1 Å². The van der Waals surface area contributed by atoms with Gasteiger partial charge in [0.05, 0.1) is 5.02 Å². The van der Waals surface area contributed by atoms with Gasteiger partial charge in [-0.1, -0.05) is 11.6 Å². The summed E-state index contributed by atoms with van der Waals surface area (Å²) in [6.45, 7) is 3.97. The molecule has 11 heteroatoms. The Labute approximate surface area is 181 Å². The van der Waals surface area contributed by atoms with E-state index < -0.39 is 29.8 Å². The normalized spacial score (nSPS) is 11.2. The number of nitrogens with zero attached hydrogens (tertiary/aromatic N) is 2. The van der Waals surface area contributed by atoms with Crippen molar-refractivity contribution in [2.45, 2.75) is 26.6 Å². The summed E-state index contributed by atoms with van der Waals surface area (Å²) in [7, 11) is 0. The number of rotatable bonds is 8. The molecule has 0 aliphatic carbocycles. The van der Waals surface area contributed by atoms with Gasteiger partial charge in [-0.25, -0.2) is 0 Å². The Morgan fingerprint density at radius 1 is 1.19 bits per heavy atom. The van der Waals surface area contributed by atoms with E-state index in [4.69, 9.17) is 16.3 Å². The van der Waals surface area contributed by atoms with Gasteiger partial charge in [0.2, 0.25) is 5.91 Å². The molecule has 0 unspecified atom stereocenters. The topological polar surface area (TPSA) is 80.6 Å². The van der Waals surface area contributed by atoms with Crippen LogP contribution in [0.3, 0.4) is 0 Å². The van der Waals surface area contributed by atoms with Gasteiger partial charge < -0.3 is 19.5 Å². The van der Waals surface area contributed by atoms with Gasteiger partial charge >= 0.3 is 6.18 Å². The Bertz CT molecular complexity index is 1000. The summed E-state index contributed by atoms with van der Waals surface area (Å²) in [5.74, 6) is -0.692. The number of halogens is 4. The monoisotopic (exact) mass is 459 g/mol. The van der Waals surface area contributed by atoms with Gasteiger partial charge in [-0.05, 0) is 44.2 Å². The molecule has 1 aromatic heterocycles. The number of hydrogen-bond acceptors (Lipinski definition) is 4. The number of carbonyl (C=O) groups excluding carboxylic acids is 2. The molecule has 31 heavy (non-hydrogen) atoms. The predicted octanol–water partition coefficient (Wildman–Crippen LogP) is 3.41. The quantitative estimate of drug-likeness (QED) is 0.656. The third-order valence-electron chi connectivity index (χ3n) is 4.32. The molecule has 1 heterocycles. The highest BCUT2D eigenvalue weighted by Crippen LogP contribution is 2.28. The van der Waals surface area contributed by atoms with Crippen LogP contribution in [0.4, 0.5) is 18.9 Å². The molecule has 0 fully saturated rings. The lowest BCUT2D eigenvalue weighted by molar-refractivity contribution is -0.139. The lowest BCUT2D eigenvalue weighted by Crippen LogP contribution is -2.34. The van der Waals surface area contributed by atoms with E-state index in [1.807, 2.05) is 13.8 Å². The number of pyridine rings is 1. The van der Waals surface area contributed by atoms with Gasteiger partial charge in [0.25, 0.3) is 11.5 Å². The fourth-order valence-corrected chi connectivity index (χ4v) is 2.97. The molecule has 0 saturated carbocycles. The molecule has 0 radical (unpaired) electrons. The van der Waals surface area contributed by atoms with Crippen molar-refractivity contribution in [1.82, 2.24) is 9.47 Å². The van der Waals surface area contributed by atoms with Crippen LogP contribution >= 0.6 is 11.6 Å². The molecule has 0 aliphatic heterocycles. The zero-order chi connectivity index (χ0) is 23.2. The Morgan fingerprint density at radius 2 is 1.87 bits per heavy atom. The average Bonchev–Trinajstić information content (AvgIpc) is 2.69. The van der Waals surface area contributed by atoms with Gasteiger partial charge in [0, 0.05) is 25.0 Å². The van der Waals surface area contributed by atoms with Crippen LogP contribution in [0.1, 0.15) is 19.4 Å². The number of anilines is 1. The number of likely N-dealkylation sites (N-methyl/N-ethyl adjacent to an activating group) is 1. The molecule has 0 spiro atoms. The van der Waals surface area contributed by atoms with Crippen LogP contribution < -0.4 is 15.6 Å². The molecule has 1 aromatic carbocycles. The summed E-state index contributed by atoms with van der Waals surface area (Å²) < 4.78 is 44.6. The highest BCUT2D eigenvalue weighted by atomic mass is 35.5. The number of hydrogen-bond donors (Lipinski definition) is 1. The first-order chi connectivity index (χ1) is 14.6. The minimum atomic E-state index is -4.81. The van der Waals surface area contributed by atoms with Crippen molar-refractivity contribution in [3.05, 3.63) is 57.5 Å². The molecule has 7 nitrogen and oxygen atoms in total. The van der Waals surface area contributed by atoms with E-state index in [-0.39, 0.29) is 29.0 Å². The number of aromatic nitrogens is 1. The fourth-order valence-electron chi connectivity index (χ4n) is 2.74. The van der Waals surface area contributed by atoms with Gasteiger partial charge in [-0.3, -0.25) is 14.4 Å². The van der Waals surface area contributed by atoms with Gasteiger partial charge in [-0.2, -0.15) is 13.2 Å². The molecule has 0 atom stereocenters. The van der Waals surface area contributed by atoms with Crippen LogP contribution in [-0.2, 0) is 22.3 Å². The van der Waals surface area contributed by atoms with E-state index in [1.165, 1.54) is 18.2 Å². The molecular formula is C20H21ClF3N3O4. The predicted molar refractivity (Wildman–Crippen MR) is 109 cm³/mol. The van der Waals surface area contributed by atoms with Crippen LogP contribution in [0, 0.1) is 0 Å². The molecule has 2 amide bonds. The molecule has 0 saturated heterocycles. The maximum absolute atomic E-state index is 12.8. The summed E-state index contributed by atoms with van der Waals surface area (Å²) in [6, 6.07) is 5.96. The maximum atomic E-state index is 12.8. The smallest absolute Gasteiger partial charge is 0.421 e. The summed E-state index contributed by atoms with van der Waals surface area (Å²) in [6.07, 6.45) is -3.72. The number of benzene rings is 1. The standard InChI is InChI=1S/C20H21ClF3N3O4/c1-3-26(4-2)18(29)12-31-16-8-7-13(10-15(16)21)25-17(28)11-27-9-5-6-14(19(27)30)20(22,23)24/h5-10H,3-4,11-12H2,1-2H3,(H,25,28). The highest BCUT2D eigenvalue weighted by Gasteiger charge is 2.34. The van der Waals surface area contributed by atoms with Crippen molar-refractivity contribution in [2.24, 2.45) is 0 Å². The number of carbonyl (C=O) groups is 2. The lowest BCUT2D eigenvalue weighted by Gasteiger charge is -2.19. The first-order valence-corrected chi connectivity index (χ1v) is 9.71. The van der Waals surface area contributed by atoms with E-state index in [2.05, 4.69) is 5.32 Å². The van der Waals surface area contributed by atoms with E-state index in [1.54, 1.807) is 4.90 Å². The van der Waals surface area contributed by atoms with Crippen molar-refractivity contribution < 1.29 is 27.5 Å². The Morgan fingerprint density at radius 3 is 2.45 bits per heavy atom. The molecule has 0 bridgehead atoms. The largest absolute Gasteiger partial charge is 0.482 e. The molecular weight excluding hydrogens is 439 g/mol. The van der Waals surface area contributed by atoms with Crippen LogP contribution in [0.5, 0.6) is 5.75 Å². The lowest BCUT2D eigenvalue weighted by atomic mass is 10.2. The molecule has 0 aliphatic rings. The van der Waals surface area contributed by atoms with Crippen molar-refractivity contribution in [1.29, 1.82) is 0 Å². The summed E-state index contributed by atoms with van der Waals surface area (Å²) >= 11 is 6.12. The molecule has 168 valence electrons. The van der Waals surface area contributed by atoms with E-state index in [0.717, 1.165) is 12.3 Å². The third kappa shape index (κ3) is 6.48.